The Morgan fingerprint density at radius 2 is 2.00 bits per heavy atom. The van der Waals surface area contributed by atoms with Crippen molar-refractivity contribution in [3.63, 3.8) is 0 Å². The van der Waals surface area contributed by atoms with Crippen molar-refractivity contribution in [3.05, 3.63) is 12.2 Å². The average Bonchev–Trinajstić information content (AvgIpc) is 2.12. The first-order chi connectivity index (χ1) is 6.34. The molecular weight excluding hydrogens is 176 g/mol. The molecule has 0 aliphatic heterocycles. The zero-order valence-corrected chi connectivity index (χ0v) is 9.76. The molecule has 0 heterocycles. The Balaban J connectivity index is 4.43. The van der Waals surface area contributed by atoms with E-state index in [9.17, 15) is 4.79 Å². The Hall–Kier alpha value is -0.790. The minimum absolute atomic E-state index is 0.305. The summed E-state index contributed by atoms with van der Waals surface area (Å²) < 4.78 is 0. The lowest BCUT2D eigenvalue weighted by Crippen LogP contribution is -2.27. The SMILES string of the molecule is C=C(C(=O)O)C(C)(C)C(C)CCCC. The third kappa shape index (κ3) is 3.17. The van der Waals surface area contributed by atoms with Gasteiger partial charge in [-0.05, 0) is 17.8 Å². The standard InChI is InChI=1S/C12H22O2/c1-6-7-8-9(2)12(4,5)10(3)11(13)14/h9H,3,6-8H2,1-2,4-5H3,(H,13,14). The predicted molar refractivity (Wildman–Crippen MR) is 59.2 cm³/mol. The summed E-state index contributed by atoms with van der Waals surface area (Å²) in [6.45, 7) is 11.8. The van der Waals surface area contributed by atoms with Gasteiger partial charge in [-0.2, -0.15) is 0 Å². The first-order valence-corrected chi connectivity index (χ1v) is 5.26. The fourth-order valence-electron chi connectivity index (χ4n) is 1.44. The molecule has 0 rings (SSSR count). The molecule has 1 unspecified atom stereocenters. The van der Waals surface area contributed by atoms with Crippen LogP contribution in [0.15, 0.2) is 12.2 Å². The van der Waals surface area contributed by atoms with Crippen molar-refractivity contribution in [2.24, 2.45) is 11.3 Å². The summed E-state index contributed by atoms with van der Waals surface area (Å²) in [6, 6.07) is 0. The van der Waals surface area contributed by atoms with Crippen molar-refractivity contribution < 1.29 is 9.90 Å². The molecule has 1 N–H and O–H groups in total. The topological polar surface area (TPSA) is 37.3 Å². The number of rotatable bonds is 6. The molecule has 0 fully saturated rings. The molecule has 0 bridgehead atoms. The van der Waals surface area contributed by atoms with Gasteiger partial charge in [0.25, 0.3) is 0 Å². The van der Waals surface area contributed by atoms with Gasteiger partial charge in [-0.3, -0.25) is 0 Å². The third-order valence-corrected chi connectivity index (χ3v) is 3.26. The van der Waals surface area contributed by atoms with Gasteiger partial charge in [0.1, 0.15) is 0 Å². The van der Waals surface area contributed by atoms with E-state index in [4.69, 9.17) is 5.11 Å². The van der Waals surface area contributed by atoms with E-state index in [-0.39, 0.29) is 5.41 Å². The maximum absolute atomic E-state index is 10.8. The maximum Gasteiger partial charge on any atom is 0.331 e. The molecule has 14 heavy (non-hydrogen) atoms. The van der Waals surface area contributed by atoms with Crippen LogP contribution in [0.3, 0.4) is 0 Å². The monoisotopic (exact) mass is 198 g/mol. The van der Waals surface area contributed by atoms with Crippen LogP contribution < -0.4 is 0 Å². The lowest BCUT2D eigenvalue weighted by molar-refractivity contribution is -0.134. The Morgan fingerprint density at radius 1 is 1.50 bits per heavy atom. The fourth-order valence-corrected chi connectivity index (χ4v) is 1.44. The molecule has 0 saturated carbocycles. The van der Waals surface area contributed by atoms with Crippen molar-refractivity contribution in [2.45, 2.75) is 47.0 Å². The number of carbonyl (C=O) groups is 1. The van der Waals surface area contributed by atoms with Crippen molar-refractivity contribution in [3.8, 4) is 0 Å². The van der Waals surface area contributed by atoms with Gasteiger partial charge in [0.05, 0.1) is 0 Å². The van der Waals surface area contributed by atoms with Crippen LogP contribution in [0.25, 0.3) is 0 Å². The normalized spacial score (nSPS) is 13.7. The number of unbranched alkanes of at least 4 members (excludes halogenated alkanes) is 1. The van der Waals surface area contributed by atoms with Crippen LogP contribution in [-0.2, 0) is 4.79 Å². The largest absolute Gasteiger partial charge is 0.478 e. The van der Waals surface area contributed by atoms with E-state index in [0.717, 1.165) is 19.3 Å². The van der Waals surface area contributed by atoms with E-state index < -0.39 is 5.97 Å². The molecule has 0 aromatic heterocycles. The molecule has 0 spiro atoms. The van der Waals surface area contributed by atoms with Crippen LogP contribution in [0.4, 0.5) is 0 Å². The molecule has 0 aliphatic rings. The number of hydrogen-bond acceptors (Lipinski definition) is 1. The van der Waals surface area contributed by atoms with E-state index in [1.54, 1.807) is 0 Å². The van der Waals surface area contributed by atoms with E-state index in [0.29, 0.717) is 11.5 Å². The fraction of sp³-hybridized carbons (Fsp3) is 0.750. The average molecular weight is 198 g/mol. The lowest BCUT2D eigenvalue weighted by Gasteiger charge is -2.32. The van der Waals surface area contributed by atoms with Crippen LogP contribution in [0.2, 0.25) is 0 Å². The molecule has 0 saturated heterocycles. The van der Waals surface area contributed by atoms with Crippen LogP contribution in [0.5, 0.6) is 0 Å². The van der Waals surface area contributed by atoms with Gasteiger partial charge >= 0.3 is 5.97 Å². The molecule has 0 aliphatic carbocycles. The highest BCUT2D eigenvalue weighted by Crippen LogP contribution is 2.36. The number of aliphatic carboxylic acids is 1. The van der Waals surface area contributed by atoms with E-state index in [1.807, 2.05) is 13.8 Å². The van der Waals surface area contributed by atoms with Crippen LogP contribution in [-0.4, -0.2) is 11.1 Å². The van der Waals surface area contributed by atoms with Crippen molar-refractivity contribution >= 4 is 5.97 Å². The van der Waals surface area contributed by atoms with Gasteiger partial charge in [0, 0.05) is 5.57 Å². The van der Waals surface area contributed by atoms with Crippen molar-refractivity contribution in [2.75, 3.05) is 0 Å². The van der Waals surface area contributed by atoms with Gasteiger partial charge in [-0.25, -0.2) is 4.79 Å². The minimum atomic E-state index is -0.877. The smallest absolute Gasteiger partial charge is 0.331 e. The second kappa shape index (κ2) is 5.18. The van der Waals surface area contributed by atoms with Gasteiger partial charge in [0.15, 0.2) is 0 Å². The summed E-state index contributed by atoms with van der Waals surface area (Å²) >= 11 is 0. The molecule has 2 nitrogen and oxygen atoms in total. The zero-order valence-electron chi connectivity index (χ0n) is 9.76. The van der Waals surface area contributed by atoms with E-state index >= 15 is 0 Å². The number of carboxylic acids is 1. The van der Waals surface area contributed by atoms with Crippen LogP contribution in [0, 0.1) is 11.3 Å². The van der Waals surface area contributed by atoms with Gasteiger partial charge in [-0.15, -0.1) is 0 Å². The Labute approximate surface area is 87.0 Å². The third-order valence-electron chi connectivity index (χ3n) is 3.26. The Kier molecular flexibility index (Phi) is 4.89. The summed E-state index contributed by atoms with van der Waals surface area (Å²) in [5, 5.41) is 8.89. The highest BCUT2D eigenvalue weighted by molar-refractivity contribution is 5.87. The first kappa shape index (κ1) is 13.2. The Bertz CT molecular complexity index is 216. The highest BCUT2D eigenvalue weighted by atomic mass is 16.4. The predicted octanol–water partition coefficient (Wildman–Crippen LogP) is 3.48. The summed E-state index contributed by atoms with van der Waals surface area (Å²) in [7, 11) is 0. The number of carboxylic acid groups (broad SMARTS) is 1. The summed E-state index contributed by atoms with van der Waals surface area (Å²) in [4.78, 5) is 10.8. The molecule has 82 valence electrons. The minimum Gasteiger partial charge on any atom is -0.478 e. The second-order valence-corrected chi connectivity index (χ2v) is 4.55. The van der Waals surface area contributed by atoms with Crippen LogP contribution >= 0.6 is 0 Å². The second-order valence-electron chi connectivity index (χ2n) is 4.55. The summed E-state index contributed by atoms with van der Waals surface area (Å²) in [5.74, 6) is -0.510. The lowest BCUT2D eigenvalue weighted by atomic mass is 9.72. The van der Waals surface area contributed by atoms with E-state index in [2.05, 4.69) is 20.4 Å². The van der Waals surface area contributed by atoms with Crippen LogP contribution in [0.1, 0.15) is 47.0 Å². The van der Waals surface area contributed by atoms with Gasteiger partial charge < -0.3 is 5.11 Å². The highest BCUT2D eigenvalue weighted by Gasteiger charge is 2.31. The van der Waals surface area contributed by atoms with Crippen molar-refractivity contribution in [1.29, 1.82) is 0 Å². The summed E-state index contributed by atoms with van der Waals surface area (Å²) in [6.07, 6.45) is 3.37. The molecule has 0 aromatic rings. The Morgan fingerprint density at radius 3 is 2.36 bits per heavy atom. The molecule has 2 heteroatoms. The first-order valence-electron chi connectivity index (χ1n) is 5.26. The molecule has 0 aromatic carbocycles. The van der Waals surface area contributed by atoms with Gasteiger partial charge in [-0.1, -0.05) is 47.1 Å². The van der Waals surface area contributed by atoms with Gasteiger partial charge in [0.2, 0.25) is 0 Å². The maximum atomic E-state index is 10.8. The van der Waals surface area contributed by atoms with E-state index in [1.165, 1.54) is 0 Å². The molecule has 0 radical (unpaired) electrons. The number of hydrogen-bond donors (Lipinski definition) is 1. The van der Waals surface area contributed by atoms with Crippen molar-refractivity contribution in [1.82, 2.24) is 0 Å². The zero-order chi connectivity index (χ0) is 11.4. The quantitative estimate of drug-likeness (QED) is 0.663. The molecule has 0 amide bonds. The molecular formula is C12H22O2. The summed E-state index contributed by atoms with van der Waals surface area (Å²) in [5.41, 5.74) is 0.0159. The molecule has 1 atom stereocenters.